The Morgan fingerprint density at radius 1 is 0.492 bits per heavy atom. The Kier molecular flexibility index (Phi) is 34.6. The fraction of sp³-hybridized carbons (Fsp3) is 0.592. The van der Waals surface area contributed by atoms with Crippen LogP contribution in [0.5, 0.6) is 0 Å². The highest BCUT2D eigenvalue weighted by atomic mass is 31.2. The van der Waals surface area contributed by atoms with Crippen LogP contribution in [0.2, 0.25) is 0 Å². The van der Waals surface area contributed by atoms with E-state index in [9.17, 15) is 44.6 Å². The first-order valence-electron chi connectivity index (χ1n) is 22.7. The van der Waals surface area contributed by atoms with Crippen molar-refractivity contribution in [3.05, 3.63) is 109 Å². The molecule has 0 spiro atoms. The van der Waals surface area contributed by atoms with Crippen molar-refractivity contribution < 1.29 is 63.1 Å². The minimum Gasteiger partial charge on any atom is -0.462 e. The van der Waals surface area contributed by atoms with E-state index in [1.165, 1.54) is 0 Å². The molecule has 0 amide bonds. The number of hydrogen-bond acceptors (Lipinski definition) is 12. The first kappa shape index (κ1) is 57.5. The van der Waals surface area contributed by atoms with Gasteiger partial charge in [-0.15, -0.1) is 0 Å². The minimum atomic E-state index is -5.15. The number of aliphatic hydroxyl groups is 5. The van der Waals surface area contributed by atoms with Crippen LogP contribution in [0.1, 0.15) is 129 Å². The molecule has 0 radical (unpaired) electrons. The van der Waals surface area contributed by atoms with Crippen LogP contribution >= 0.6 is 7.82 Å². The smallest absolute Gasteiger partial charge is 0.462 e. The lowest BCUT2D eigenvalue weighted by Crippen LogP contribution is -2.64. The summed E-state index contributed by atoms with van der Waals surface area (Å²) in [5.74, 6) is -1.20. The van der Waals surface area contributed by atoms with Gasteiger partial charge in [0.25, 0.3) is 0 Å². The highest BCUT2D eigenvalue weighted by molar-refractivity contribution is 7.47. The van der Waals surface area contributed by atoms with Gasteiger partial charge in [0.15, 0.2) is 6.10 Å². The summed E-state index contributed by atoms with van der Waals surface area (Å²) in [6, 6.07) is 0. The number of carbonyl (C=O) groups is 2. The van der Waals surface area contributed by atoms with Crippen LogP contribution in [0.4, 0.5) is 0 Å². The van der Waals surface area contributed by atoms with Crippen LogP contribution in [0, 0.1) is 0 Å². The van der Waals surface area contributed by atoms with Crippen molar-refractivity contribution in [3.63, 3.8) is 0 Å². The van der Waals surface area contributed by atoms with Crippen LogP contribution in [-0.4, -0.2) is 98.3 Å². The summed E-state index contributed by atoms with van der Waals surface area (Å²) < 4.78 is 33.4. The number of unbranched alkanes of at least 4 members (excludes halogenated alkanes) is 5. The molecular formula is C49H77O13P. The van der Waals surface area contributed by atoms with Crippen molar-refractivity contribution in [2.45, 2.75) is 172 Å². The van der Waals surface area contributed by atoms with Crippen molar-refractivity contribution in [1.82, 2.24) is 0 Å². The molecule has 6 unspecified atom stereocenters. The summed E-state index contributed by atoms with van der Waals surface area (Å²) in [7, 11) is -5.15. The number of hydrogen-bond donors (Lipinski definition) is 6. The van der Waals surface area contributed by atoms with Crippen molar-refractivity contribution in [1.29, 1.82) is 0 Å². The number of aliphatic hydroxyl groups excluding tert-OH is 5. The van der Waals surface area contributed by atoms with Gasteiger partial charge in [-0.2, -0.15) is 0 Å². The van der Waals surface area contributed by atoms with Gasteiger partial charge >= 0.3 is 19.8 Å². The van der Waals surface area contributed by atoms with E-state index in [4.69, 9.17) is 18.5 Å². The average molecular weight is 905 g/mol. The maximum Gasteiger partial charge on any atom is 0.472 e. The standard InChI is InChI=1S/C49H77O13P/c1-3-5-7-9-11-13-15-17-19-20-21-22-24-25-27-29-31-33-35-37-42(50)59-39-41(40-60-63(57,58)62-49-47(55)45(53)44(52)46(54)48(49)56)61-43(51)38-36-34-32-30-28-26-23-18-16-14-12-10-8-6-4-2/h5-8,11-14,17-19,21-23,25,27-28,30,41,44-49,52-56H,3-4,9-10,15-16,20,24,26,29,31-40H2,1-2H3,(H,57,58)/b7-5+,8-6+,13-11+,14-12+,19-17+,22-21+,23-18+,27-25+,30-28+/t41-,44?,45-,46?,47?,48?,49?/m0/s1. The number of rotatable bonds is 35. The van der Waals surface area contributed by atoms with Gasteiger partial charge in [-0.1, -0.05) is 130 Å². The molecule has 1 rings (SSSR count). The predicted molar refractivity (Wildman–Crippen MR) is 248 cm³/mol. The number of esters is 2. The summed E-state index contributed by atoms with van der Waals surface area (Å²) in [5, 5.41) is 50.1. The SMILES string of the molecule is CC/C=C/C/C=C/C/C=C/C/C=C/C/C=C/CCCCCC(=O)OC[C@@H](COP(=O)(O)OC1C(O)C(O)C(O)[C@H](O)C1O)OC(=O)CCCC/C=C/C/C=C/C/C=C/C/C=C/CC. The second-order valence-electron chi connectivity index (χ2n) is 15.1. The zero-order valence-electron chi connectivity index (χ0n) is 37.6. The summed E-state index contributed by atoms with van der Waals surface area (Å²) in [4.78, 5) is 35.7. The molecule has 0 aromatic carbocycles. The summed E-state index contributed by atoms with van der Waals surface area (Å²) in [5.41, 5.74) is 0. The second kappa shape index (κ2) is 37.8. The Bertz CT molecular complexity index is 1510. The number of carbonyl (C=O) groups excluding carboxylic acids is 2. The largest absolute Gasteiger partial charge is 0.472 e. The zero-order chi connectivity index (χ0) is 46.4. The van der Waals surface area contributed by atoms with Crippen LogP contribution in [-0.2, 0) is 32.7 Å². The third kappa shape index (κ3) is 30.3. The maximum atomic E-state index is 12.8. The minimum absolute atomic E-state index is 0.0295. The normalized spacial score (nSPS) is 22.7. The van der Waals surface area contributed by atoms with Crippen LogP contribution in [0.3, 0.4) is 0 Å². The highest BCUT2D eigenvalue weighted by Gasteiger charge is 2.51. The molecule has 63 heavy (non-hydrogen) atoms. The quantitative estimate of drug-likeness (QED) is 0.0152. The number of ether oxygens (including phenoxy) is 2. The second-order valence-corrected chi connectivity index (χ2v) is 16.5. The van der Waals surface area contributed by atoms with Gasteiger partial charge in [0.1, 0.15) is 43.2 Å². The number of phosphoric acid groups is 1. The van der Waals surface area contributed by atoms with Gasteiger partial charge in [0.2, 0.25) is 0 Å². The Balaban J connectivity index is 2.53. The Morgan fingerprint density at radius 3 is 1.30 bits per heavy atom. The van der Waals surface area contributed by atoms with Crippen molar-refractivity contribution in [3.8, 4) is 0 Å². The zero-order valence-corrected chi connectivity index (χ0v) is 38.5. The van der Waals surface area contributed by atoms with Gasteiger partial charge in [0.05, 0.1) is 6.61 Å². The Labute approximate surface area is 376 Å². The van der Waals surface area contributed by atoms with Crippen LogP contribution in [0.15, 0.2) is 109 Å². The van der Waals surface area contributed by atoms with Crippen LogP contribution < -0.4 is 0 Å². The first-order chi connectivity index (χ1) is 30.4. The lowest BCUT2D eigenvalue weighted by atomic mass is 9.85. The monoisotopic (exact) mass is 905 g/mol. The van der Waals surface area contributed by atoms with E-state index in [0.717, 1.165) is 83.5 Å². The third-order valence-corrected chi connectivity index (χ3v) is 10.6. The molecular weight excluding hydrogens is 827 g/mol. The molecule has 0 aromatic heterocycles. The molecule has 1 aliphatic rings. The van der Waals surface area contributed by atoms with Crippen molar-refractivity contribution in [2.24, 2.45) is 0 Å². The van der Waals surface area contributed by atoms with Gasteiger partial charge in [-0.25, -0.2) is 4.57 Å². The molecule has 0 saturated heterocycles. The van der Waals surface area contributed by atoms with E-state index in [1.807, 2.05) is 6.08 Å². The maximum absolute atomic E-state index is 12.8. The van der Waals surface area contributed by atoms with Crippen molar-refractivity contribution >= 4 is 19.8 Å². The average Bonchev–Trinajstić information content (AvgIpc) is 3.26. The first-order valence-corrected chi connectivity index (χ1v) is 24.2. The highest BCUT2D eigenvalue weighted by Crippen LogP contribution is 2.47. The Morgan fingerprint density at radius 2 is 0.857 bits per heavy atom. The van der Waals surface area contributed by atoms with Gasteiger partial charge in [0, 0.05) is 12.8 Å². The fourth-order valence-electron chi connectivity index (χ4n) is 6.01. The summed E-state index contributed by atoms with van der Waals surface area (Å²) >= 11 is 0. The number of allylic oxidation sites excluding steroid dienone is 18. The van der Waals surface area contributed by atoms with E-state index >= 15 is 0 Å². The lowest BCUT2D eigenvalue weighted by Gasteiger charge is -2.41. The molecule has 1 saturated carbocycles. The molecule has 0 heterocycles. The fourth-order valence-corrected chi connectivity index (χ4v) is 6.98. The van der Waals surface area contributed by atoms with E-state index in [-0.39, 0.29) is 12.8 Å². The molecule has 6 N–H and O–H groups in total. The molecule has 0 aliphatic heterocycles. The summed E-state index contributed by atoms with van der Waals surface area (Å²) in [6.07, 6.45) is 38.6. The van der Waals surface area contributed by atoms with Gasteiger partial charge < -0.3 is 39.9 Å². The van der Waals surface area contributed by atoms with Gasteiger partial charge in [-0.3, -0.25) is 18.6 Å². The lowest BCUT2D eigenvalue weighted by molar-refractivity contribution is -0.220. The van der Waals surface area contributed by atoms with E-state index in [1.54, 1.807) is 0 Å². The molecule has 14 heteroatoms. The molecule has 1 aliphatic carbocycles. The molecule has 8 atom stereocenters. The van der Waals surface area contributed by atoms with E-state index < -0.39 is 75.7 Å². The Hall–Kier alpha value is -3.49. The molecule has 0 aromatic rings. The molecule has 356 valence electrons. The van der Waals surface area contributed by atoms with Crippen LogP contribution in [0.25, 0.3) is 0 Å². The topological polar surface area (TPSA) is 210 Å². The number of phosphoric ester groups is 1. The van der Waals surface area contributed by atoms with E-state index in [2.05, 4.69) is 117 Å². The third-order valence-electron chi connectivity index (χ3n) is 9.61. The summed E-state index contributed by atoms with van der Waals surface area (Å²) in [6.45, 7) is 2.98. The van der Waals surface area contributed by atoms with Crippen molar-refractivity contribution in [2.75, 3.05) is 13.2 Å². The predicted octanol–water partition coefficient (Wildman–Crippen LogP) is 8.83. The van der Waals surface area contributed by atoms with E-state index in [0.29, 0.717) is 19.3 Å². The molecule has 0 bridgehead atoms. The molecule has 13 nitrogen and oxygen atoms in total. The molecule has 1 fully saturated rings. The van der Waals surface area contributed by atoms with Gasteiger partial charge in [-0.05, 0) is 96.3 Å².